The lowest BCUT2D eigenvalue weighted by Gasteiger charge is -2.21. The van der Waals surface area contributed by atoms with Gasteiger partial charge in [-0.05, 0) is 24.6 Å². The number of alkyl halides is 7. The second-order valence-electron chi connectivity index (χ2n) is 4.48. The van der Waals surface area contributed by atoms with Crippen molar-refractivity contribution >= 4 is 18.4 Å². The zero-order valence-electron chi connectivity index (χ0n) is 12.0. The topological polar surface area (TPSA) is 52.3 Å². The molecule has 1 unspecified atom stereocenters. The van der Waals surface area contributed by atoms with E-state index in [0.717, 1.165) is 0 Å². The first-order chi connectivity index (χ1) is 10.4. The highest BCUT2D eigenvalue weighted by Gasteiger charge is 2.41. The van der Waals surface area contributed by atoms with Gasteiger partial charge in [-0.15, -0.1) is 12.4 Å². The van der Waals surface area contributed by atoms with Crippen LogP contribution < -0.4 is 5.73 Å². The molecule has 1 rings (SSSR count). The third kappa shape index (κ3) is 5.23. The van der Waals surface area contributed by atoms with E-state index in [1.807, 2.05) is 0 Å². The molecule has 0 fully saturated rings. The van der Waals surface area contributed by atoms with Crippen LogP contribution in [0.2, 0.25) is 0 Å². The smallest absolute Gasteiger partial charge is 0.416 e. The van der Waals surface area contributed by atoms with Gasteiger partial charge in [0.1, 0.15) is 0 Å². The Morgan fingerprint density at radius 3 is 2.12 bits per heavy atom. The monoisotopic (exact) mass is 383 g/mol. The van der Waals surface area contributed by atoms with Crippen molar-refractivity contribution in [3.05, 3.63) is 34.9 Å². The summed E-state index contributed by atoms with van der Waals surface area (Å²) >= 11 is 0. The molecule has 0 aliphatic heterocycles. The van der Waals surface area contributed by atoms with E-state index in [-0.39, 0.29) is 25.1 Å². The van der Waals surface area contributed by atoms with Gasteiger partial charge in [0.05, 0.1) is 23.8 Å². The Morgan fingerprint density at radius 1 is 1.17 bits per heavy atom. The minimum atomic E-state index is -5.21. The Kier molecular flexibility index (Phi) is 7.50. The molecule has 24 heavy (non-hydrogen) atoms. The van der Waals surface area contributed by atoms with E-state index in [1.54, 1.807) is 0 Å². The van der Waals surface area contributed by atoms with Crippen LogP contribution in [0.25, 0.3) is 0 Å². The van der Waals surface area contributed by atoms with Gasteiger partial charge in [-0.25, -0.2) is 9.18 Å². The second kappa shape index (κ2) is 8.02. The molecule has 0 saturated heterocycles. The molecule has 0 heterocycles. The lowest BCUT2D eigenvalue weighted by atomic mass is 9.95. The molecule has 0 radical (unpaired) electrons. The number of halogens is 8. The summed E-state index contributed by atoms with van der Waals surface area (Å²) in [7, 11) is 0. The maximum atomic E-state index is 13.8. The number of rotatable bonds is 4. The summed E-state index contributed by atoms with van der Waals surface area (Å²) in [6.07, 6.45) is -12.9. The first kappa shape index (κ1) is 22.4. The number of ether oxygens (including phenoxy) is 1. The number of hydrogen-bond acceptors (Lipinski definition) is 3. The van der Waals surface area contributed by atoms with E-state index < -0.39 is 47.2 Å². The lowest BCUT2D eigenvalue weighted by Crippen LogP contribution is -2.33. The quantitative estimate of drug-likeness (QED) is 0.630. The van der Waals surface area contributed by atoms with E-state index in [1.165, 1.54) is 6.92 Å². The summed E-state index contributed by atoms with van der Waals surface area (Å²) in [6, 6.07) is -1.55. The first-order valence-corrected chi connectivity index (χ1v) is 6.24. The van der Waals surface area contributed by atoms with Crippen molar-refractivity contribution in [3.8, 4) is 0 Å². The highest BCUT2D eigenvalue weighted by molar-refractivity contribution is 5.85. The zero-order valence-corrected chi connectivity index (χ0v) is 12.9. The van der Waals surface area contributed by atoms with Crippen molar-refractivity contribution in [1.82, 2.24) is 0 Å². The minimum absolute atomic E-state index is 0. The Balaban J connectivity index is 0.00000529. The van der Waals surface area contributed by atoms with Gasteiger partial charge in [-0.2, -0.15) is 26.3 Å². The average molecular weight is 384 g/mol. The number of nitrogens with two attached hydrogens (primary N) is 1. The van der Waals surface area contributed by atoms with Crippen molar-refractivity contribution in [2.75, 3.05) is 6.61 Å². The highest BCUT2D eigenvalue weighted by atomic mass is 35.5. The summed E-state index contributed by atoms with van der Waals surface area (Å²) in [6.45, 7) is 1.11. The third-order valence-electron chi connectivity index (χ3n) is 2.87. The van der Waals surface area contributed by atoms with Gasteiger partial charge in [0.2, 0.25) is 6.17 Å². The fraction of sp³-hybridized carbons (Fsp3) is 0.462. The van der Waals surface area contributed by atoms with Crippen LogP contribution in [0.4, 0.5) is 30.7 Å². The number of benzene rings is 1. The normalized spacial score (nSPS) is 14.5. The highest BCUT2D eigenvalue weighted by Crippen LogP contribution is 2.39. The summed E-state index contributed by atoms with van der Waals surface area (Å²) in [4.78, 5) is 11.2. The molecule has 0 aliphatic carbocycles. The number of carbonyl (C=O) groups excluding carboxylic acids is 1. The van der Waals surface area contributed by atoms with E-state index in [0.29, 0.717) is 12.1 Å². The van der Waals surface area contributed by atoms with Gasteiger partial charge in [0, 0.05) is 0 Å². The minimum Gasteiger partial charge on any atom is -0.464 e. The Labute approximate surface area is 138 Å². The number of esters is 1. The fourth-order valence-electron chi connectivity index (χ4n) is 1.79. The Hall–Kier alpha value is -1.55. The average Bonchev–Trinajstić information content (AvgIpc) is 2.43. The van der Waals surface area contributed by atoms with Crippen molar-refractivity contribution in [1.29, 1.82) is 0 Å². The van der Waals surface area contributed by atoms with Gasteiger partial charge in [0.25, 0.3) is 0 Å². The molecular formula is C13H13ClF7NO2. The molecule has 0 aromatic heterocycles. The van der Waals surface area contributed by atoms with Crippen LogP contribution in [-0.2, 0) is 21.9 Å². The van der Waals surface area contributed by atoms with Crippen LogP contribution in [0, 0.1) is 0 Å². The van der Waals surface area contributed by atoms with E-state index in [2.05, 4.69) is 4.74 Å². The lowest BCUT2D eigenvalue weighted by molar-refractivity contribution is -0.151. The fourth-order valence-corrected chi connectivity index (χ4v) is 1.79. The molecule has 2 atom stereocenters. The predicted molar refractivity (Wildman–Crippen MR) is 72.2 cm³/mol. The summed E-state index contributed by atoms with van der Waals surface area (Å²) in [5.74, 6) is -1.49. The summed E-state index contributed by atoms with van der Waals surface area (Å²) < 4.78 is 94.4. The van der Waals surface area contributed by atoms with Crippen LogP contribution in [-0.4, -0.2) is 18.7 Å². The first-order valence-electron chi connectivity index (χ1n) is 6.24. The molecule has 0 aliphatic rings. The molecule has 0 bridgehead atoms. The van der Waals surface area contributed by atoms with Gasteiger partial charge in [-0.3, -0.25) is 0 Å². The van der Waals surface area contributed by atoms with Gasteiger partial charge < -0.3 is 10.5 Å². The van der Waals surface area contributed by atoms with E-state index in [9.17, 15) is 35.5 Å². The molecule has 0 spiro atoms. The molecule has 1 aromatic rings. The van der Waals surface area contributed by atoms with Crippen LogP contribution >= 0.6 is 12.4 Å². The molecule has 0 saturated carbocycles. The SMILES string of the molecule is CCOC(=O)C(F)[C@H](N)c1ccc(C(F)(F)F)cc1C(F)(F)F.Cl. The maximum absolute atomic E-state index is 13.8. The maximum Gasteiger partial charge on any atom is 0.416 e. The van der Waals surface area contributed by atoms with Crippen LogP contribution in [0.1, 0.15) is 29.7 Å². The third-order valence-corrected chi connectivity index (χ3v) is 2.87. The second-order valence-corrected chi connectivity index (χ2v) is 4.48. The summed E-state index contributed by atoms with van der Waals surface area (Å²) in [5, 5.41) is 0. The standard InChI is InChI=1S/C13H12F7NO2.ClH/c1-2-23-11(22)9(14)10(21)7-4-3-6(12(15,16)17)5-8(7)13(18,19)20;/h3-5,9-10H,2,21H2,1H3;1H/t9?,10-;/m1./s1. The molecule has 1 aromatic carbocycles. The van der Waals surface area contributed by atoms with E-state index >= 15 is 0 Å². The van der Waals surface area contributed by atoms with E-state index in [4.69, 9.17) is 5.73 Å². The van der Waals surface area contributed by atoms with Crippen LogP contribution in [0.5, 0.6) is 0 Å². The molecule has 2 N–H and O–H groups in total. The number of carbonyl (C=O) groups is 1. The van der Waals surface area contributed by atoms with Crippen molar-refractivity contribution in [2.45, 2.75) is 31.5 Å². The Bertz CT molecular complexity index is 574. The summed E-state index contributed by atoms with van der Waals surface area (Å²) in [5.41, 5.74) is 0.982. The van der Waals surface area contributed by atoms with Gasteiger partial charge in [-0.1, -0.05) is 6.07 Å². The zero-order chi connectivity index (χ0) is 18.0. The van der Waals surface area contributed by atoms with Crippen LogP contribution in [0.15, 0.2) is 18.2 Å². The number of hydrogen-bond donors (Lipinski definition) is 1. The molecule has 0 amide bonds. The van der Waals surface area contributed by atoms with Crippen molar-refractivity contribution < 1.29 is 40.3 Å². The molecule has 138 valence electrons. The van der Waals surface area contributed by atoms with Crippen LogP contribution in [0.3, 0.4) is 0 Å². The predicted octanol–water partition coefficient (Wildman–Crippen LogP) is 4.05. The molecular weight excluding hydrogens is 371 g/mol. The molecule has 3 nitrogen and oxygen atoms in total. The Morgan fingerprint density at radius 2 is 1.71 bits per heavy atom. The largest absolute Gasteiger partial charge is 0.464 e. The van der Waals surface area contributed by atoms with Crippen molar-refractivity contribution in [3.63, 3.8) is 0 Å². The van der Waals surface area contributed by atoms with Crippen molar-refractivity contribution in [2.24, 2.45) is 5.73 Å². The molecule has 11 heteroatoms. The van der Waals surface area contributed by atoms with Gasteiger partial charge >= 0.3 is 18.3 Å². The van der Waals surface area contributed by atoms with Gasteiger partial charge in [0.15, 0.2) is 0 Å².